The molecule has 3 heterocycles. The number of hydrogen-bond acceptors (Lipinski definition) is 6. The summed E-state index contributed by atoms with van der Waals surface area (Å²) in [7, 11) is 0. The monoisotopic (exact) mass is 505 g/mol. The first-order chi connectivity index (χ1) is 17.5. The number of anilines is 2. The van der Waals surface area contributed by atoms with Crippen molar-refractivity contribution in [2.24, 2.45) is 5.41 Å². The van der Waals surface area contributed by atoms with E-state index in [2.05, 4.69) is 26.4 Å². The van der Waals surface area contributed by atoms with E-state index < -0.39 is 6.09 Å². The van der Waals surface area contributed by atoms with Crippen LogP contribution in [0.4, 0.5) is 16.4 Å². The highest BCUT2D eigenvalue weighted by atomic mass is 16.4. The fourth-order valence-corrected chi connectivity index (χ4v) is 4.86. The van der Waals surface area contributed by atoms with Gasteiger partial charge in [0.15, 0.2) is 0 Å². The van der Waals surface area contributed by atoms with Crippen molar-refractivity contribution in [1.82, 2.24) is 24.6 Å². The van der Waals surface area contributed by atoms with Gasteiger partial charge in [-0.2, -0.15) is 5.10 Å². The Kier molecular flexibility index (Phi) is 7.47. The lowest BCUT2D eigenvalue weighted by Gasteiger charge is -2.39. The maximum atomic E-state index is 12.5. The van der Waals surface area contributed by atoms with Crippen LogP contribution >= 0.6 is 0 Å². The molecule has 0 radical (unpaired) electrons. The van der Waals surface area contributed by atoms with Crippen molar-refractivity contribution < 1.29 is 14.7 Å². The molecule has 0 saturated carbocycles. The zero-order valence-electron chi connectivity index (χ0n) is 22.0. The van der Waals surface area contributed by atoms with Gasteiger partial charge in [-0.1, -0.05) is 26.8 Å². The van der Waals surface area contributed by atoms with Gasteiger partial charge in [0.25, 0.3) is 0 Å². The number of carbonyl (C=O) groups is 2. The standard InChI is InChI=1S/C27H35N7O3/c1-18-13-23(31-25-28-9-6-10-29-25)22-14-20(7-8-24(22)34(18)19(2)35)21-15-30-33(16-21)12-11-32(26(36)37)17-27(3,4)5/h6-10,14-16,18,23H,11-13,17H2,1-5H3,(H,36,37)(H,28,29,31)/t18-,23+/m0/s1. The number of nitrogens with one attached hydrogen (secondary N) is 1. The number of fused-ring (bicyclic) bond motifs is 1. The van der Waals surface area contributed by atoms with E-state index in [0.717, 1.165) is 22.4 Å². The lowest BCUT2D eigenvalue weighted by Crippen LogP contribution is -2.43. The van der Waals surface area contributed by atoms with Crippen LogP contribution in [-0.4, -0.2) is 60.9 Å². The Morgan fingerprint density at radius 1 is 1.19 bits per heavy atom. The fourth-order valence-electron chi connectivity index (χ4n) is 4.86. The van der Waals surface area contributed by atoms with E-state index in [9.17, 15) is 14.7 Å². The van der Waals surface area contributed by atoms with E-state index in [1.54, 1.807) is 36.3 Å². The summed E-state index contributed by atoms with van der Waals surface area (Å²) in [5.74, 6) is 0.542. The molecule has 2 atom stereocenters. The van der Waals surface area contributed by atoms with E-state index in [1.807, 2.05) is 50.9 Å². The molecular formula is C27H35N7O3. The van der Waals surface area contributed by atoms with Gasteiger partial charge in [-0.15, -0.1) is 0 Å². The number of amides is 2. The molecule has 2 amide bonds. The Balaban J connectivity index is 1.58. The molecule has 3 aromatic rings. The third-order valence-electron chi connectivity index (χ3n) is 6.39. The van der Waals surface area contributed by atoms with Gasteiger partial charge < -0.3 is 20.2 Å². The Hall–Kier alpha value is -3.95. The normalized spacial score (nSPS) is 17.3. The minimum Gasteiger partial charge on any atom is -0.465 e. The van der Waals surface area contributed by atoms with Crippen molar-refractivity contribution in [3.05, 3.63) is 54.6 Å². The smallest absolute Gasteiger partial charge is 0.407 e. The lowest BCUT2D eigenvalue weighted by molar-refractivity contribution is -0.117. The van der Waals surface area contributed by atoms with Crippen molar-refractivity contribution in [3.8, 4) is 11.1 Å². The third-order valence-corrected chi connectivity index (χ3v) is 6.39. The molecule has 0 saturated heterocycles. The molecule has 2 aromatic heterocycles. The van der Waals surface area contributed by atoms with Crippen LogP contribution in [0.2, 0.25) is 0 Å². The van der Waals surface area contributed by atoms with Gasteiger partial charge in [0.2, 0.25) is 11.9 Å². The molecule has 1 aromatic carbocycles. The van der Waals surface area contributed by atoms with Crippen LogP contribution in [0, 0.1) is 5.41 Å². The molecule has 37 heavy (non-hydrogen) atoms. The minimum absolute atomic E-state index is 0.00183. The van der Waals surface area contributed by atoms with Crippen molar-refractivity contribution >= 4 is 23.6 Å². The molecule has 0 fully saturated rings. The average Bonchev–Trinajstić information content (AvgIpc) is 3.30. The van der Waals surface area contributed by atoms with Gasteiger partial charge >= 0.3 is 6.09 Å². The SMILES string of the molecule is CC(=O)N1c2ccc(-c3cnn(CCN(CC(C)(C)C)C(=O)O)c3)cc2[C@H](Nc2ncccn2)C[C@@H]1C. The summed E-state index contributed by atoms with van der Waals surface area (Å²) in [5.41, 5.74) is 3.62. The first-order valence-electron chi connectivity index (χ1n) is 12.5. The molecule has 0 aliphatic carbocycles. The average molecular weight is 506 g/mol. The first kappa shape index (κ1) is 26.1. The maximum absolute atomic E-state index is 12.5. The number of rotatable bonds is 7. The number of nitrogens with zero attached hydrogens (tertiary/aromatic N) is 6. The second kappa shape index (κ2) is 10.6. The lowest BCUT2D eigenvalue weighted by atomic mass is 9.89. The van der Waals surface area contributed by atoms with E-state index >= 15 is 0 Å². The molecule has 1 aliphatic heterocycles. The van der Waals surface area contributed by atoms with E-state index in [0.29, 0.717) is 32.0 Å². The van der Waals surface area contributed by atoms with Gasteiger partial charge in [0, 0.05) is 55.9 Å². The summed E-state index contributed by atoms with van der Waals surface area (Å²) >= 11 is 0. The van der Waals surface area contributed by atoms with Crippen molar-refractivity contribution in [2.45, 2.75) is 59.7 Å². The number of benzene rings is 1. The highest BCUT2D eigenvalue weighted by Gasteiger charge is 2.33. The molecule has 4 rings (SSSR count). The fraction of sp³-hybridized carbons (Fsp3) is 0.444. The van der Waals surface area contributed by atoms with Gasteiger partial charge in [0.1, 0.15) is 0 Å². The summed E-state index contributed by atoms with van der Waals surface area (Å²) in [6.45, 7) is 11.0. The molecule has 10 heteroatoms. The van der Waals surface area contributed by atoms with E-state index in [-0.39, 0.29) is 23.4 Å². The number of carboxylic acid groups (broad SMARTS) is 1. The largest absolute Gasteiger partial charge is 0.465 e. The molecular weight excluding hydrogens is 470 g/mol. The molecule has 0 unspecified atom stereocenters. The topological polar surface area (TPSA) is 116 Å². The molecule has 10 nitrogen and oxygen atoms in total. The maximum Gasteiger partial charge on any atom is 0.407 e. The van der Waals surface area contributed by atoms with Gasteiger partial charge in [-0.25, -0.2) is 14.8 Å². The van der Waals surface area contributed by atoms with E-state index in [4.69, 9.17) is 0 Å². The zero-order valence-corrected chi connectivity index (χ0v) is 22.0. The van der Waals surface area contributed by atoms with Crippen LogP contribution in [0.5, 0.6) is 0 Å². The summed E-state index contributed by atoms with van der Waals surface area (Å²) in [5, 5.41) is 17.5. The van der Waals surface area contributed by atoms with Gasteiger partial charge in [-0.05, 0) is 48.1 Å². The quantitative estimate of drug-likeness (QED) is 0.479. The second-order valence-corrected chi connectivity index (χ2v) is 10.8. The molecule has 2 N–H and O–H groups in total. The highest BCUT2D eigenvalue weighted by Crippen LogP contribution is 2.40. The van der Waals surface area contributed by atoms with Crippen LogP contribution < -0.4 is 10.2 Å². The highest BCUT2D eigenvalue weighted by molar-refractivity contribution is 5.94. The van der Waals surface area contributed by atoms with Crippen molar-refractivity contribution in [3.63, 3.8) is 0 Å². The van der Waals surface area contributed by atoms with Crippen molar-refractivity contribution in [1.29, 1.82) is 0 Å². The Morgan fingerprint density at radius 3 is 2.57 bits per heavy atom. The molecule has 1 aliphatic rings. The molecule has 0 bridgehead atoms. The predicted octanol–water partition coefficient (Wildman–Crippen LogP) is 4.66. The van der Waals surface area contributed by atoms with Crippen LogP contribution in [0.1, 0.15) is 52.6 Å². The Bertz CT molecular complexity index is 1250. The summed E-state index contributed by atoms with van der Waals surface area (Å²) < 4.78 is 1.77. The zero-order chi connectivity index (χ0) is 26.7. The summed E-state index contributed by atoms with van der Waals surface area (Å²) in [4.78, 5) is 36.1. The van der Waals surface area contributed by atoms with E-state index in [1.165, 1.54) is 4.90 Å². The minimum atomic E-state index is -0.929. The molecule has 0 spiro atoms. The number of hydrogen-bond donors (Lipinski definition) is 2. The first-order valence-corrected chi connectivity index (χ1v) is 12.5. The number of aromatic nitrogens is 4. The predicted molar refractivity (Wildman–Crippen MR) is 142 cm³/mol. The van der Waals surface area contributed by atoms with Crippen molar-refractivity contribution in [2.75, 3.05) is 23.3 Å². The number of carbonyl (C=O) groups excluding carboxylic acids is 1. The van der Waals surface area contributed by atoms with Gasteiger partial charge in [0.05, 0.1) is 18.8 Å². The van der Waals surface area contributed by atoms with Crippen LogP contribution in [0.3, 0.4) is 0 Å². The van der Waals surface area contributed by atoms with Crippen LogP contribution in [-0.2, 0) is 11.3 Å². The van der Waals surface area contributed by atoms with Crippen LogP contribution in [0.25, 0.3) is 11.1 Å². The molecule has 196 valence electrons. The second-order valence-electron chi connectivity index (χ2n) is 10.8. The van der Waals surface area contributed by atoms with Crippen LogP contribution in [0.15, 0.2) is 49.1 Å². The Morgan fingerprint density at radius 2 is 1.92 bits per heavy atom. The third kappa shape index (κ3) is 6.25. The summed E-state index contributed by atoms with van der Waals surface area (Å²) in [6, 6.07) is 7.78. The summed E-state index contributed by atoms with van der Waals surface area (Å²) in [6.07, 6.45) is 6.89. The van der Waals surface area contributed by atoms with Gasteiger partial charge in [-0.3, -0.25) is 9.48 Å². The Labute approximate surface area is 217 Å².